The Bertz CT molecular complexity index is 849. The van der Waals surface area contributed by atoms with Gasteiger partial charge in [0.15, 0.2) is 0 Å². The van der Waals surface area contributed by atoms with Crippen LogP contribution in [-0.4, -0.2) is 23.1 Å². The van der Waals surface area contributed by atoms with Crippen molar-refractivity contribution >= 4 is 11.9 Å². The topological polar surface area (TPSA) is 68.0 Å². The van der Waals surface area contributed by atoms with Crippen molar-refractivity contribution in [2.45, 2.75) is 25.5 Å². The highest BCUT2D eigenvalue weighted by Gasteiger charge is 2.33. The number of carbonyl (C=O) groups is 2. The Labute approximate surface area is 155 Å². The van der Waals surface area contributed by atoms with E-state index in [0.29, 0.717) is 6.07 Å². The third-order valence-electron chi connectivity index (χ3n) is 3.99. The molecule has 0 aromatic heterocycles. The molecule has 2 atom stereocenters. The molecule has 0 aliphatic heterocycles. The molecular weight excluding hydrogens is 356 g/mol. The van der Waals surface area contributed by atoms with Crippen molar-refractivity contribution in [3.8, 4) is 0 Å². The van der Waals surface area contributed by atoms with Crippen LogP contribution in [0, 0.1) is 24.1 Å². The summed E-state index contributed by atoms with van der Waals surface area (Å²) >= 11 is 0. The quantitative estimate of drug-likeness (QED) is 0.567. The molecule has 27 heavy (non-hydrogen) atoms. The van der Waals surface area contributed by atoms with E-state index in [2.05, 4.69) is 4.85 Å². The lowest BCUT2D eigenvalue weighted by atomic mass is 9.92. The fraction of sp³-hybridized carbons (Fsp3) is 0.250. The largest absolute Gasteiger partial charge is 0.476 e. The number of esters is 1. The van der Waals surface area contributed by atoms with Crippen molar-refractivity contribution in [3.05, 3.63) is 82.7 Å². The maximum absolute atomic E-state index is 13.9. The van der Waals surface area contributed by atoms with Gasteiger partial charge in [0.1, 0.15) is 18.2 Å². The number of carboxylic acid groups (broad SMARTS) is 1. The third-order valence-corrected chi connectivity index (χ3v) is 3.99. The summed E-state index contributed by atoms with van der Waals surface area (Å²) in [5.41, 5.74) is 0.782. The first-order valence-electron chi connectivity index (χ1n) is 8.14. The van der Waals surface area contributed by atoms with Gasteiger partial charge in [-0.3, -0.25) is 4.79 Å². The molecule has 7 heteroatoms. The van der Waals surface area contributed by atoms with E-state index in [9.17, 15) is 18.4 Å². The molecule has 2 aromatic rings. The van der Waals surface area contributed by atoms with Crippen molar-refractivity contribution in [2.24, 2.45) is 5.92 Å². The molecule has 0 aliphatic carbocycles. The average Bonchev–Trinajstić information content (AvgIpc) is 2.65. The van der Waals surface area contributed by atoms with Crippen molar-refractivity contribution < 1.29 is 28.2 Å². The Morgan fingerprint density at radius 3 is 2.44 bits per heavy atom. The van der Waals surface area contributed by atoms with Crippen LogP contribution in [0.4, 0.5) is 8.78 Å². The van der Waals surface area contributed by atoms with Crippen LogP contribution in [-0.2, 0) is 27.4 Å². The highest BCUT2D eigenvalue weighted by atomic mass is 19.1. The molecule has 140 valence electrons. The minimum Gasteiger partial charge on any atom is -0.476 e. The predicted molar refractivity (Wildman–Crippen MR) is 92.4 cm³/mol. The number of ether oxygens (including phenoxy) is 1. The van der Waals surface area contributed by atoms with Gasteiger partial charge in [-0.15, -0.1) is 0 Å². The Morgan fingerprint density at radius 1 is 1.15 bits per heavy atom. The van der Waals surface area contributed by atoms with Gasteiger partial charge in [-0.05, 0) is 23.6 Å². The monoisotopic (exact) mass is 373 g/mol. The Hall–Kier alpha value is -3.27. The summed E-state index contributed by atoms with van der Waals surface area (Å²) in [4.78, 5) is 26.6. The van der Waals surface area contributed by atoms with E-state index in [1.165, 1.54) is 6.07 Å². The Kier molecular flexibility index (Phi) is 7.00. The molecule has 0 saturated carbocycles. The van der Waals surface area contributed by atoms with E-state index in [4.69, 9.17) is 16.4 Å². The zero-order chi connectivity index (χ0) is 19.8. The summed E-state index contributed by atoms with van der Waals surface area (Å²) < 4.78 is 32.2. The predicted octanol–water partition coefficient (Wildman–Crippen LogP) is 3.63. The van der Waals surface area contributed by atoms with E-state index in [1.54, 1.807) is 30.3 Å². The van der Waals surface area contributed by atoms with Gasteiger partial charge >= 0.3 is 18.0 Å². The maximum atomic E-state index is 13.9. The normalized spacial score (nSPS) is 12.6. The molecule has 0 amide bonds. The summed E-state index contributed by atoms with van der Waals surface area (Å²) in [5.74, 6) is -4.76. The van der Waals surface area contributed by atoms with E-state index >= 15 is 0 Å². The van der Waals surface area contributed by atoms with Gasteiger partial charge in [-0.25, -0.2) is 20.1 Å². The van der Waals surface area contributed by atoms with Crippen molar-refractivity contribution in [2.75, 3.05) is 0 Å². The van der Waals surface area contributed by atoms with Gasteiger partial charge in [0.2, 0.25) is 0 Å². The van der Waals surface area contributed by atoms with Crippen LogP contribution in [0.2, 0.25) is 0 Å². The van der Waals surface area contributed by atoms with Gasteiger partial charge in [-0.2, -0.15) is 0 Å². The van der Waals surface area contributed by atoms with Gasteiger partial charge in [0.05, 0.1) is 5.92 Å². The number of rotatable bonds is 8. The number of hydrogen-bond acceptors (Lipinski definition) is 3. The summed E-state index contributed by atoms with van der Waals surface area (Å²) in [5, 5.41) is 9.08. The molecule has 0 saturated heterocycles. The van der Waals surface area contributed by atoms with Gasteiger partial charge in [-0.1, -0.05) is 36.4 Å². The Morgan fingerprint density at radius 2 is 1.85 bits per heavy atom. The molecule has 0 fully saturated rings. The second-order valence-corrected chi connectivity index (χ2v) is 5.95. The molecule has 2 aromatic carbocycles. The molecule has 0 heterocycles. The average molecular weight is 373 g/mol. The summed E-state index contributed by atoms with van der Waals surface area (Å²) in [6, 6.07) is 10.3. The van der Waals surface area contributed by atoms with E-state index in [-0.39, 0.29) is 25.0 Å². The van der Waals surface area contributed by atoms with Gasteiger partial charge in [0, 0.05) is 12.5 Å². The first-order chi connectivity index (χ1) is 12.9. The second kappa shape index (κ2) is 9.43. The van der Waals surface area contributed by atoms with E-state index in [1.807, 2.05) is 0 Å². The number of halogens is 2. The van der Waals surface area contributed by atoms with Crippen LogP contribution in [0.25, 0.3) is 4.85 Å². The minimum atomic E-state index is -1.46. The zero-order valence-corrected chi connectivity index (χ0v) is 14.3. The lowest BCUT2D eigenvalue weighted by Gasteiger charge is -2.16. The number of carboxylic acids is 1. The first kappa shape index (κ1) is 20.0. The zero-order valence-electron chi connectivity index (χ0n) is 14.3. The smallest absolute Gasteiger partial charge is 0.387 e. The van der Waals surface area contributed by atoms with E-state index in [0.717, 1.165) is 11.6 Å². The fourth-order valence-corrected chi connectivity index (χ4v) is 2.54. The van der Waals surface area contributed by atoms with Gasteiger partial charge < -0.3 is 14.7 Å². The molecule has 0 radical (unpaired) electrons. The molecule has 5 nitrogen and oxygen atoms in total. The third kappa shape index (κ3) is 5.89. The standard InChI is InChI=1S/C20H17F2NO4/c1-23-18(19(24)25)10-15(9-14-7-8-16(21)11-17(14)22)20(26)27-12-13-5-3-2-4-6-13/h2-8,11,15,18H,9-10,12H2,(H,24,25)/t15-,18-/m0/s1. The van der Waals surface area contributed by atoms with Crippen LogP contribution >= 0.6 is 0 Å². The van der Waals surface area contributed by atoms with Crippen molar-refractivity contribution in [1.82, 2.24) is 0 Å². The number of nitrogens with zero attached hydrogens (tertiary/aromatic N) is 1. The number of hydrogen-bond donors (Lipinski definition) is 1. The van der Waals surface area contributed by atoms with Crippen molar-refractivity contribution in [1.29, 1.82) is 0 Å². The van der Waals surface area contributed by atoms with Crippen LogP contribution in [0.3, 0.4) is 0 Å². The SMILES string of the molecule is [C-]#[N+][C@@H](C[C@H](Cc1ccc(F)cc1F)C(=O)OCc1ccccc1)C(=O)O. The molecule has 0 aliphatic rings. The van der Waals surface area contributed by atoms with Crippen LogP contribution in [0.1, 0.15) is 17.5 Å². The number of benzene rings is 2. The first-order valence-corrected chi connectivity index (χ1v) is 8.14. The number of aliphatic carboxylic acids is 1. The van der Waals surface area contributed by atoms with Gasteiger partial charge in [0.25, 0.3) is 0 Å². The fourth-order valence-electron chi connectivity index (χ4n) is 2.54. The number of carbonyl (C=O) groups excluding carboxylic acids is 1. The molecule has 2 rings (SSSR count). The second-order valence-electron chi connectivity index (χ2n) is 5.95. The molecule has 0 bridgehead atoms. The van der Waals surface area contributed by atoms with Crippen molar-refractivity contribution in [3.63, 3.8) is 0 Å². The minimum absolute atomic E-state index is 0.0299. The summed E-state index contributed by atoms with van der Waals surface area (Å²) in [6.07, 6.45) is -0.525. The highest BCUT2D eigenvalue weighted by Crippen LogP contribution is 2.21. The molecule has 0 unspecified atom stereocenters. The lowest BCUT2D eigenvalue weighted by Crippen LogP contribution is -2.28. The summed E-state index contributed by atoms with van der Waals surface area (Å²) in [7, 11) is 0. The van der Waals surface area contributed by atoms with Crippen LogP contribution in [0.15, 0.2) is 48.5 Å². The van der Waals surface area contributed by atoms with Crippen LogP contribution in [0.5, 0.6) is 0 Å². The summed E-state index contributed by atoms with van der Waals surface area (Å²) in [6.45, 7) is 6.95. The van der Waals surface area contributed by atoms with E-state index < -0.39 is 35.5 Å². The lowest BCUT2D eigenvalue weighted by molar-refractivity contribution is -0.150. The molecule has 1 N–H and O–H groups in total. The molecule has 0 spiro atoms. The Balaban J connectivity index is 2.16. The highest BCUT2D eigenvalue weighted by molar-refractivity contribution is 5.78. The maximum Gasteiger partial charge on any atom is 0.387 e. The van der Waals surface area contributed by atoms with Crippen LogP contribution < -0.4 is 0 Å². The molecular formula is C20H17F2NO4.